The molecule has 0 heterocycles. The van der Waals surface area contributed by atoms with E-state index in [1.807, 2.05) is 0 Å². The molecular weight excluding hydrogens is 248 g/mol. The number of aliphatic hydroxyl groups is 2. The second-order valence-corrected chi connectivity index (χ2v) is 4.20. The first-order valence-corrected chi connectivity index (χ1v) is 5.92. The van der Waals surface area contributed by atoms with Crippen molar-refractivity contribution in [1.82, 2.24) is 5.32 Å². The highest BCUT2D eigenvalue weighted by Crippen LogP contribution is 2.19. The minimum Gasteiger partial charge on any atom is -0.411 e. The monoisotopic (exact) mass is 266 g/mol. The van der Waals surface area contributed by atoms with Crippen LogP contribution in [0, 0.1) is 0 Å². The van der Waals surface area contributed by atoms with Gasteiger partial charge >= 0.3 is 0 Å². The summed E-state index contributed by atoms with van der Waals surface area (Å²) in [5, 5.41) is 33.7. The number of hydrogen-bond acceptors (Lipinski definition) is 5. The SMILES string of the molecule is CC(=O)NCCC(O)C(O)c1cccc(C=NO)c1. The summed E-state index contributed by atoms with van der Waals surface area (Å²) in [6.07, 6.45) is -0.548. The molecule has 0 bridgehead atoms. The number of nitrogens with zero attached hydrogens (tertiary/aromatic N) is 1. The fraction of sp³-hybridized carbons (Fsp3) is 0.385. The van der Waals surface area contributed by atoms with Gasteiger partial charge in [-0.05, 0) is 23.6 Å². The van der Waals surface area contributed by atoms with Gasteiger partial charge in [0.15, 0.2) is 0 Å². The second-order valence-electron chi connectivity index (χ2n) is 4.20. The fourth-order valence-corrected chi connectivity index (χ4v) is 1.67. The molecule has 6 nitrogen and oxygen atoms in total. The van der Waals surface area contributed by atoms with Crippen LogP contribution in [0.5, 0.6) is 0 Å². The van der Waals surface area contributed by atoms with Gasteiger partial charge in [-0.25, -0.2) is 0 Å². The van der Waals surface area contributed by atoms with Crippen molar-refractivity contribution in [2.24, 2.45) is 5.16 Å². The Labute approximate surface area is 111 Å². The Bertz CT molecular complexity index is 448. The average Bonchev–Trinajstić information content (AvgIpc) is 2.38. The summed E-state index contributed by atoms with van der Waals surface area (Å²) in [6, 6.07) is 6.68. The summed E-state index contributed by atoms with van der Waals surface area (Å²) in [5.41, 5.74) is 1.14. The molecule has 0 aliphatic carbocycles. The molecule has 0 aliphatic heterocycles. The predicted molar refractivity (Wildman–Crippen MR) is 70.1 cm³/mol. The molecule has 1 aromatic rings. The molecule has 1 amide bonds. The molecule has 0 aromatic heterocycles. The Kier molecular flexibility index (Phi) is 5.98. The summed E-state index contributed by atoms with van der Waals surface area (Å²) in [5.74, 6) is -0.178. The average molecular weight is 266 g/mol. The van der Waals surface area contributed by atoms with E-state index in [1.165, 1.54) is 13.1 Å². The van der Waals surface area contributed by atoms with Gasteiger partial charge in [0.2, 0.25) is 5.91 Å². The number of nitrogens with one attached hydrogen (secondary N) is 1. The predicted octanol–water partition coefficient (Wildman–Crippen LogP) is 0.415. The minimum atomic E-state index is -1.05. The van der Waals surface area contributed by atoms with E-state index in [-0.39, 0.29) is 12.3 Å². The molecule has 2 unspecified atom stereocenters. The maximum absolute atomic E-state index is 10.7. The van der Waals surface area contributed by atoms with Gasteiger partial charge < -0.3 is 20.7 Å². The number of amides is 1. The third-order valence-corrected chi connectivity index (χ3v) is 2.64. The van der Waals surface area contributed by atoms with Gasteiger partial charge in [0.05, 0.1) is 12.3 Å². The van der Waals surface area contributed by atoms with E-state index in [1.54, 1.807) is 24.3 Å². The standard InChI is InChI=1S/C13H18N2O4/c1-9(16)14-6-5-12(17)13(18)11-4-2-3-10(7-11)8-15-19/h2-4,7-8,12-13,17-19H,5-6H2,1H3,(H,14,16). The largest absolute Gasteiger partial charge is 0.411 e. The van der Waals surface area contributed by atoms with Crippen molar-refractivity contribution in [3.05, 3.63) is 35.4 Å². The topological polar surface area (TPSA) is 102 Å². The second kappa shape index (κ2) is 7.50. The van der Waals surface area contributed by atoms with Crippen molar-refractivity contribution in [3.63, 3.8) is 0 Å². The third kappa shape index (κ3) is 5.07. The van der Waals surface area contributed by atoms with Crippen LogP contribution in [-0.4, -0.2) is 40.2 Å². The van der Waals surface area contributed by atoms with Crippen LogP contribution < -0.4 is 5.32 Å². The van der Waals surface area contributed by atoms with E-state index in [9.17, 15) is 15.0 Å². The van der Waals surface area contributed by atoms with Gasteiger partial charge in [0.25, 0.3) is 0 Å². The first-order chi connectivity index (χ1) is 9.04. The van der Waals surface area contributed by atoms with E-state index in [0.29, 0.717) is 17.7 Å². The van der Waals surface area contributed by atoms with E-state index in [0.717, 1.165) is 0 Å². The van der Waals surface area contributed by atoms with Gasteiger partial charge in [-0.1, -0.05) is 23.4 Å². The first kappa shape index (κ1) is 15.1. The van der Waals surface area contributed by atoms with E-state index < -0.39 is 12.2 Å². The van der Waals surface area contributed by atoms with Crippen LogP contribution in [0.15, 0.2) is 29.4 Å². The van der Waals surface area contributed by atoms with E-state index in [2.05, 4.69) is 10.5 Å². The Morgan fingerprint density at radius 2 is 2.21 bits per heavy atom. The van der Waals surface area contributed by atoms with Gasteiger partial charge in [0.1, 0.15) is 6.10 Å². The highest BCUT2D eigenvalue weighted by molar-refractivity contribution is 5.79. The van der Waals surface area contributed by atoms with Crippen LogP contribution >= 0.6 is 0 Å². The maximum atomic E-state index is 10.7. The van der Waals surface area contributed by atoms with Crippen molar-refractivity contribution < 1.29 is 20.2 Å². The van der Waals surface area contributed by atoms with Crippen LogP contribution in [0.2, 0.25) is 0 Å². The van der Waals surface area contributed by atoms with Crippen molar-refractivity contribution >= 4 is 12.1 Å². The summed E-state index contributed by atoms with van der Waals surface area (Å²) >= 11 is 0. The highest BCUT2D eigenvalue weighted by Gasteiger charge is 2.18. The highest BCUT2D eigenvalue weighted by atomic mass is 16.4. The Hall–Kier alpha value is -1.92. The van der Waals surface area contributed by atoms with Crippen molar-refractivity contribution in [2.75, 3.05) is 6.54 Å². The number of aliphatic hydroxyl groups excluding tert-OH is 2. The van der Waals surface area contributed by atoms with Crippen molar-refractivity contribution in [2.45, 2.75) is 25.6 Å². The molecule has 0 saturated heterocycles. The summed E-state index contributed by atoms with van der Waals surface area (Å²) in [4.78, 5) is 10.7. The Balaban J connectivity index is 2.62. The molecule has 4 N–H and O–H groups in total. The van der Waals surface area contributed by atoms with Crippen LogP contribution in [0.3, 0.4) is 0 Å². The molecule has 2 atom stereocenters. The lowest BCUT2D eigenvalue weighted by Crippen LogP contribution is -2.27. The number of carbonyl (C=O) groups is 1. The molecule has 104 valence electrons. The smallest absolute Gasteiger partial charge is 0.216 e. The van der Waals surface area contributed by atoms with Gasteiger partial charge in [-0.3, -0.25) is 4.79 Å². The van der Waals surface area contributed by atoms with Gasteiger partial charge in [0, 0.05) is 13.5 Å². The van der Waals surface area contributed by atoms with Crippen LogP contribution in [0.4, 0.5) is 0 Å². The molecule has 1 aromatic carbocycles. The zero-order valence-corrected chi connectivity index (χ0v) is 10.7. The molecule has 0 saturated carbocycles. The van der Waals surface area contributed by atoms with Gasteiger partial charge in [-0.15, -0.1) is 0 Å². The number of benzene rings is 1. The number of rotatable bonds is 6. The molecule has 19 heavy (non-hydrogen) atoms. The summed E-state index contributed by atoms with van der Waals surface area (Å²) < 4.78 is 0. The van der Waals surface area contributed by atoms with Crippen LogP contribution in [-0.2, 0) is 4.79 Å². The lowest BCUT2D eigenvalue weighted by molar-refractivity contribution is -0.119. The Morgan fingerprint density at radius 1 is 1.47 bits per heavy atom. The summed E-state index contributed by atoms with van der Waals surface area (Å²) in [6.45, 7) is 1.69. The molecule has 0 spiro atoms. The maximum Gasteiger partial charge on any atom is 0.216 e. The number of carbonyl (C=O) groups excluding carboxylic acids is 1. The Morgan fingerprint density at radius 3 is 2.84 bits per heavy atom. The van der Waals surface area contributed by atoms with Crippen molar-refractivity contribution in [1.29, 1.82) is 0 Å². The van der Waals surface area contributed by atoms with E-state index in [4.69, 9.17) is 5.21 Å². The zero-order valence-electron chi connectivity index (χ0n) is 10.7. The van der Waals surface area contributed by atoms with E-state index >= 15 is 0 Å². The third-order valence-electron chi connectivity index (χ3n) is 2.64. The number of hydrogen-bond donors (Lipinski definition) is 4. The minimum absolute atomic E-state index is 0.178. The molecule has 0 radical (unpaired) electrons. The molecule has 0 aliphatic rings. The molecule has 0 fully saturated rings. The lowest BCUT2D eigenvalue weighted by atomic mass is 10.0. The molecule has 6 heteroatoms. The number of oxime groups is 1. The van der Waals surface area contributed by atoms with Crippen LogP contribution in [0.25, 0.3) is 0 Å². The molecular formula is C13H18N2O4. The quantitative estimate of drug-likeness (QED) is 0.340. The van der Waals surface area contributed by atoms with Crippen molar-refractivity contribution in [3.8, 4) is 0 Å². The molecule has 1 rings (SSSR count). The van der Waals surface area contributed by atoms with Crippen LogP contribution in [0.1, 0.15) is 30.6 Å². The fourth-order valence-electron chi connectivity index (χ4n) is 1.67. The first-order valence-electron chi connectivity index (χ1n) is 5.92. The normalized spacial score (nSPS) is 14.3. The lowest BCUT2D eigenvalue weighted by Gasteiger charge is -2.18. The summed E-state index contributed by atoms with van der Waals surface area (Å²) in [7, 11) is 0. The zero-order chi connectivity index (χ0) is 14.3. The van der Waals surface area contributed by atoms with Gasteiger partial charge in [-0.2, -0.15) is 0 Å².